The van der Waals surface area contributed by atoms with Gasteiger partial charge in [0.25, 0.3) is 10.0 Å². The number of rotatable bonds is 5. The van der Waals surface area contributed by atoms with Crippen LogP contribution in [-0.4, -0.2) is 50.8 Å². The summed E-state index contributed by atoms with van der Waals surface area (Å²) in [6, 6.07) is 3.18. The lowest BCUT2D eigenvalue weighted by Crippen LogP contribution is -2.34. The van der Waals surface area contributed by atoms with Crippen LogP contribution in [0.2, 0.25) is 4.34 Å². The molecule has 2 heterocycles. The molecule has 0 aliphatic carbocycles. The first kappa shape index (κ1) is 14.3. The fraction of sp³-hybridized carbons (Fsp3) is 0.636. The highest BCUT2D eigenvalue weighted by molar-refractivity contribution is 7.91. The molecule has 1 saturated heterocycles. The lowest BCUT2D eigenvalue weighted by atomic mass is 10.4. The molecule has 1 fully saturated rings. The highest BCUT2D eigenvalue weighted by Crippen LogP contribution is 2.27. The van der Waals surface area contributed by atoms with Crippen LogP contribution in [0.3, 0.4) is 0 Å². The molecule has 1 aromatic rings. The average Bonchev–Trinajstić information content (AvgIpc) is 2.96. The normalized spacial score (nSPS) is 17.7. The van der Waals surface area contributed by atoms with Crippen LogP contribution in [0.25, 0.3) is 0 Å². The maximum atomic E-state index is 12.2. The highest BCUT2D eigenvalue weighted by Gasteiger charge is 2.23. The van der Waals surface area contributed by atoms with Crippen molar-refractivity contribution < 1.29 is 8.42 Å². The van der Waals surface area contributed by atoms with Crippen LogP contribution in [0.1, 0.15) is 12.8 Å². The molecular formula is C11H17ClN2O2S2. The van der Waals surface area contributed by atoms with E-state index >= 15 is 0 Å². The van der Waals surface area contributed by atoms with Crippen LogP contribution in [0.5, 0.6) is 0 Å². The van der Waals surface area contributed by atoms with Crippen molar-refractivity contribution in [1.29, 1.82) is 0 Å². The molecule has 1 aromatic heterocycles. The Hall–Kier alpha value is -0.140. The van der Waals surface area contributed by atoms with E-state index in [1.807, 2.05) is 0 Å². The Morgan fingerprint density at radius 3 is 2.61 bits per heavy atom. The fourth-order valence-electron chi connectivity index (χ4n) is 2.00. The van der Waals surface area contributed by atoms with Crippen molar-refractivity contribution in [2.24, 2.45) is 0 Å². The SMILES string of the molecule is CN(CCN1CCCC1)S(=O)(=O)c1ccc(Cl)s1. The summed E-state index contributed by atoms with van der Waals surface area (Å²) in [5.74, 6) is 0. The third-order valence-electron chi connectivity index (χ3n) is 3.14. The summed E-state index contributed by atoms with van der Waals surface area (Å²) in [5, 5.41) is 0. The predicted octanol–water partition coefficient (Wildman–Crippen LogP) is 2.12. The standard InChI is InChI=1S/C11H17ClN2O2S2/c1-13(8-9-14-6-2-3-7-14)18(15,16)11-5-4-10(12)17-11/h4-5H,2-3,6-9H2,1H3. The van der Waals surface area contributed by atoms with Gasteiger partial charge in [0.05, 0.1) is 4.34 Å². The second-order valence-corrected chi connectivity index (χ2v) is 8.42. The molecule has 0 saturated carbocycles. The van der Waals surface area contributed by atoms with Gasteiger partial charge in [-0.05, 0) is 38.1 Å². The first-order valence-electron chi connectivity index (χ1n) is 5.94. The van der Waals surface area contributed by atoms with Crippen molar-refractivity contribution in [3.05, 3.63) is 16.5 Å². The summed E-state index contributed by atoms with van der Waals surface area (Å²) in [7, 11) is -1.75. The number of likely N-dealkylation sites (N-methyl/N-ethyl adjacent to an activating group) is 1. The lowest BCUT2D eigenvalue weighted by Gasteiger charge is -2.20. The molecule has 0 radical (unpaired) electrons. The Kier molecular flexibility index (Phi) is 4.66. The number of halogens is 1. The molecule has 0 amide bonds. The molecule has 0 aromatic carbocycles. The third kappa shape index (κ3) is 3.24. The fourth-order valence-corrected chi connectivity index (χ4v) is 4.85. The van der Waals surface area contributed by atoms with Crippen LogP contribution in [-0.2, 0) is 10.0 Å². The molecule has 0 atom stereocenters. The second-order valence-electron chi connectivity index (χ2n) is 4.43. The van der Waals surface area contributed by atoms with Crippen molar-refractivity contribution in [2.45, 2.75) is 17.1 Å². The van der Waals surface area contributed by atoms with Gasteiger partial charge in [-0.25, -0.2) is 8.42 Å². The molecule has 1 aliphatic heterocycles. The highest BCUT2D eigenvalue weighted by atomic mass is 35.5. The molecule has 1 aliphatic rings. The number of hydrogen-bond acceptors (Lipinski definition) is 4. The van der Waals surface area contributed by atoms with Crippen molar-refractivity contribution in [3.8, 4) is 0 Å². The molecule has 7 heteroatoms. The Balaban J connectivity index is 1.96. The number of hydrogen-bond donors (Lipinski definition) is 0. The van der Waals surface area contributed by atoms with Gasteiger partial charge >= 0.3 is 0 Å². The van der Waals surface area contributed by atoms with E-state index in [-0.39, 0.29) is 0 Å². The molecule has 0 spiro atoms. The molecule has 102 valence electrons. The summed E-state index contributed by atoms with van der Waals surface area (Å²) in [6.45, 7) is 3.49. The van der Waals surface area contributed by atoms with Crippen LogP contribution < -0.4 is 0 Å². The molecule has 0 N–H and O–H groups in total. The van der Waals surface area contributed by atoms with E-state index in [2.05, 4.69) is 4.90 Å². The summed E-state index contributed by atoms with van der Waals surface area (Å²) >= 11 is 6.88. The van der Waals surface area contributed by atoms with Gasteiger partial charge in [0.15, 0.2) is 0 Å². The zero-order valence-corrected chi connectivity index (χ0v) is 12.7. The molecule has 2 rings (SSSR count). The zero-order chi connectivity index (χ0) is 13.2. The van der Waals surface area contributed by atoms with Crippen LogP contribution in [0.4, 0.5) is 0 Å². The van der Waals surface area contributed by atoms with Crippen molar-refractivity contribution in [1.82, 2.24) is 9.21 Å². The zero-order valence-electron chi connectivity index (χ0n) is 10.3. The summed E-state index contributed by atoms with van der Waals surface area (Å²) < 4.78 is 26.6. The molecule has 0 unspecified atom stereocenters. The monoisotopic (exact) mass is 308 g/mol. The van der Waals surface area contributed by atoms with E-state index in [4.69, 9.17) is 11.6 Å². The van der Waals surface area contributed by atoms with Gasteiger partial charge in [-0.2, -0.15) is 4.31 Å². The van der Waals surface area contributed by atoms with Gasteiger partial charge in [0.1, 0.15) is 4.21 Å². The first-order valence-corrected chi connectivity index (χ1v) is 8.57. The minimum absolute atomic E-state index is 0.316. The quantitative estimate of drug-likeness (QED) is 0.836. The summed E-state index contributed by atoms with van der Waals surface area (Å²) in [5.41, 5.74) is 0. The van der Waals surface area contributed by atoms with Crippen LogP contribution in [0, 0.1) is 0 Å². The number of thiophene rings is 1. The van der Waals surface area contributed by atoms with Crippen LogP contribution in [0.15, 0.2) is 16.3 Å². The number of nitrogens with zero attached hydrogens (tertiary/aromatic N) is 2. The number of sulfonamides is 1. The minimum atomic E-state index is -3.37. The Bertz CT molecular complexity index is 495. The Labute approximate surface area is 117 Å². The largest absolute Gasteiger partial charge is 0.302 e. The molecule has 4 nitrogen and oxygen atoms in total. The second kappa shape index (κ2) is 5.88. The summed E-state index contributed by atoms with van der Waals surface area (Å²) in [4.78, 5) is 2.30. The van der Waals surface area contributed by atoms with E-state index < -0.39 is 10.0 Å². The van der Waals surface area contributed by atoms with E-state index in [0.717, 1.165) is 31.0 Å². The molecular weight excluding hydrogens is 292 g/mol. The van der Waals surface area contributed by atoms with Gasteiger partial charge in [0.2, 0.25) is 0 Å². The van der Waals surface area contributed by atoms with E-state index in [1.165, 1.54) is 17.1 Å². The topological polar surface area (TPSA) is 40.6 Å². The molecule has 18 heavy (non-hydrogen) atoms. The van der Waals surface area contributed by atoms with E-state index in [1.54, 1.807) is 19.2 Å². The van der Waals surface area contributed by atoms with Crippen LogP contribution >= 0.6 is 22.9 Å². The Morgan fingerprint density at radius 1 is 1.39 bits per heavy atom. The van der Waals surface area contributed by atoms with Gasteiger partial charge in [-0.3, -0.25) is 0 Å². The van der Waals surface area contributed by atoms with E-state index in [0.29, 0.717) is 15.1 Å². The summed E-state index contributed by atoms with van der Waals surface area (Å²) in [6.07, 6.45) is 2.44. The average molecular weight is 309 g/mol. The smallest absolute Gasteiger partial charge is 0.252 e. The Morgan fingerprint density at radius 2 is 2.06 bits per heavy atom. The maximum absolute atomic E-state index is 12.2. The number of likely N-dealkylation sites (tertiary alicyclic amines) is 1. The lowest BCUT2D eigenvalue weighted by molar-refractivity contribution is 0.310. The predicted molar refractivity (Wildman–Crippen MR) is 74.8 cm³/mol. The maximum Gasteiger partial charge on any atom is 0.252 e. The van der Waals surface area contributed by atoms with Gasteiger partial charge in [-0.15, -0.1) is 11.3 Å². The van der Waals surface area contributed by atoms with Crippen molar-refractivity contribution in [3.63, 3.8) is 0 Å². The van der Waals surface area contributed by atoms with Gasteiger partial charge in [0, 0.05) is 20.1 Å². The third-order valence-corrected chi connectivity index (χ3v) is 6.70. The van der Waals surface area contributed by atoms with E-state index in [9.17, 15) is 8.42 Å². The van der Waals surface area contributed by atoms with Gasteiger partial charge < -0.3 is 4.90 Å². The van der Waals surface area contributed by atoms with Crippen molar-refractivity contribution >= 4 is 33.0 Å². The first-order chi connectivity index (χ1) is 8.50. The minimum Gasteiger partial charge on any atom is -0.302 e. The van der Waals surface area contributed by atoms with Crippen molar-refractivity contribution in [2.75, 3.05) is 33.2 Å². The van der Waals surface area contributed by atoms with Gasteiger partial charge in [-0.1, -0.05) is 11.6 Å². The molecule has 0 bridgehead atoms.